The van der Waals surface area contributed by atoms with Gasteiger partial charge in [-0.25, -0.2) is 0 Å². The maximum Gasteiger partial charge on any atom is 0.237 e. The summed E-state index contributed by atoms with van der Waals surface area (Å²) >= 11 is 3.50. The number of rotatable bonds is 7. The summed E-state index contributed by atoms with van der Waals surface area (Å²) in [7, 11) is 3.32. The Morgan fingerprint density at radius 1 is 1.43 bits per heavy atom. The molecule has 1 unspecified atom stereocenters. The van der Waals surface area contributed by atoms with Crippen molar-refractivity contribution in [1.82, 2.24) is 10.2 Å². The van der Waals surface area contributed by atoms with E-state index in [2.05, 4.69) is 21.2 Å². The van der Waals surface area contributed by atoms with Crippen LogP contribution in [-0.2, 0) is 9.53 Å². The zero-order chi connectivity index (χ0) is 15.9. The van der Waals surface area contributed by atoms with Crippen LogP contribution in [0.2, 0.25) is 0 Å². The number of hydrogen-bond donors (Lipinski definition) is 1. The van der Waals surface area contributed by atoms with E-state index in [1.54, 1.807) is 14.2 Å². The van der Waals surface area contributed by atoms with Gasteiger partial charge in [-0.1, -0.05) is 15.9 Å². The Hall–Kier alpha value is -0.820. The molecule has 1 aromatic rings. The first-order valence-corrected chi connectivity index (χ1v) is 8.29. The van der Waals surface area contributed by atoms with Crippen LogP contribution >= 0.6 is 28.3 Å². The van der Waals surface area contributed by atoms with Gasteiger partial charge in [0.2, 0.25) is 5.91 Å². The van der Waals surface area contributed by atoms with Crippen LogP contribution < -0.4 is 10.1 Å². The molecule has 23 heavy (non-hydrogen) atoms. The summed E-state index contributed by atoms with van der Waals surface area (Å²) in [6, 6.07) is 6.03. The van der Waals surface area contributed by atoms with Gasteiger partial charge in [0.1, 0.15) is 5.75 Å². The van der Waals surface area contributed by atoms with E-state index in [1.165, 1.54) is 0 Å². The van der Waals surface area contributed by atoms with Gasteiger partial charge in [0, 0.05) is 30.2 Å². The number of benzene rings is 1. The van der Waals surface area contributed by atoms with Crippen LogP contribution in [0.3, 0.4) is 0 Å². The smallest absolute Gasteiger partial charge is 0.237 e. The number of methoxy groups -OCH3 is 2. The number of halogens is 2. The van der Waals surface area contributed by atoms with Crippen LogP contribution in [0.25, 0.3) is 0 Å². The van der Waals surface area contributed by atoms with E-state index in [0.29, 0.717) is 19.7 Å². The fourth-order valence-electron chi connectivity index (χ4n) is 2.83. The van der Waals surface area contributed by atoms with Crippen molar-refractivity contribution in [1.29, 1.82) is 0 Å². The fraction of sp³-hybridized carbons (Fsp3) is 0.562. The molecule has 1 aliphatic heterocycles. The van der Waals surface area contributed by atoms with Crippen molar-refractivity contribution in [3.05, 3.63) is 28.2 Å². The molecule has 0 spiro atoms. The van der Waals surface area contributed by atoms with Crippen LogP contribution in [0.5, 0.6) is 5.75 Å². The molecule has 5 nitrogen and oxygen atoms in total. The second kappa shape index (κ2) is 10.1. The number of amides is 1. The summed E-state index contributed by atoms with van der Waals surface area (Å²) < 4.78 is 11.4. The van der Waals surface area contributed by atoms with Crippen LogP contribution in [0.15, 0.2) is 22.7 Å². The molecule has 0 saturated carbocycles. The second-order valence-corrected chi connectivity index (χ2v) is 6.22. The van der Waals surface area contributed by atoms with E-state index in [-0.39, 0.29) is 24.4 Å². The van der Waals surface area contributed by atoms with Crippen LogP contribution in [0.4, 0.5) is 0 Å². The normalized spacial score (nSPS) is 17.0. The van der Waals surface area contributed by atoms with Crippen molar-refractivity contribution >= 4 is 34.2 Å². The molecule has 130 valence electrons. The minimum absolute atomic E-state index is 0. The highest BCUT2D eigenvalue weighted by Crippen LogP contribution is 2.38. The zero-order valence-electron chi connectivity index (χ0n) is 13.5. The predicted molar refractivity (Wildman–Crippen MR) is 96.4 cm³/mol. The highest BCUT2D eigenvalue weighted by molar-refractivity contribution is 9.10. The first kappa shape index (κ1) is 20.2. The number of likely N-dealkylation sites (tertiary alicyclic amines) is 1. The van der Waals surface area contributed by atoms with Crippen molar-refractivity contribution in [2.75, 3.05) is 40.5 Å². The number of nitrogens with zero attached hydrogens (tertiary/aromatic N) is 1. The van der Waals surface area contributed by atoms with E-state index in [9.17, 15) is 4.79 Å². The topological polar surface area (TPSA) is 50.8 Å². The van der Waals surface area contributed by atoms with Crippen LogP contribution in [-0.4, -0.2) is 51.3 Å². The lowest BCUT2D eigenvalue weighted by Gasteiger charge is -2.26. The second-order valence-electron chi connectivity index (χ2n) is 5.30. The van der Waals surface area contributed by atoms with Gasteiger partial charge >= 0.3 is 0 Å². The molecule has 2 rings (SSSR count). The highest BCUT2D eigenvalue weighted by atomic mass is 79.9. The van der Waals surface area contributed by atoms with Gasteiger partial charge in [0.25, 0.3) is 0 Å². The number of nitrogens with one attached hydrogen (secondary N) is 1. The SMILES string of the molecule is COCCNCC(=O)N1CCCC1c1cc(Br)ccc1OC.Cl. The van der Waals surface area contributed by atoms with Crippen molar-refractivity contribution in [2.45, 2.75) is 18.9 Å². The maximum atomic E-state index is 12.4. The van der Waals surface area contributed by atoms with Gasteiger partial charge in [0.15, 0.2) is 0 Å². The number of carbonyl (C=O) groups excluding carboxylic acids is 1. The molecule has 7 heteroatoms. The van der Waals surface area contributed by atoms with E-state index < -0.39 is 0 Å². The van der Waals surface area contributed by atoms with Gasteiger partial charge < -0.3 is 19.7 Å². The lowest BCUT2D eigenvalue weighted by Crippen LogP contribution is -2.38. The Labute approximate surface area is 152 Å². The van der Waals surface area contributed by atoms with Crippen molar-refractivity contribution in [3.63, 3.8) is 0 Å². The summed E-state index contributed by atoms with van der Waals surface area (Å²) in [6.45, 7) is 2.43. The number of ether oxygens (including phenoxy) is 2. The van der Waals surface area contributed by atoms with Crippen molar-refractivity contribution in [2.24, 2.45) is 0 Å². The maximum absolute atomic E-state index is 12.4. The number of carbonyl (C=O) groups is 1. The van der Waals surface area contributed by atoms with Gasteiger partial charge in [-0.3, -0.25) is 4.79 Å². The van der Waals surface area contributed by atoms with Gasteiger partial charge in [-0.15, -0.1) is 12.4 Å². The molecule has 1 saturated heterocycles. The predicted octanol–water partition coefficient (Wildman–Crippen LogP) is 2.78. The van der Waals surface area contributed by atoms with E-state index in [4.69, 9.17) is 9.47 Å². The number of hydrogen-bond acceptors (Lipinski definition) is 4. The molecule has 1 amide bonds. The molecule has 1 aromatic carbocycles. The third-order valence-corrected chi connectivity index (χ3v) is 4.38. The molecule has 0 aromatic heterocycles. The lowest BCUT2D eigenvalue weighted by atomic mass is 10.0. The Kier molecular flexibility index (Phi) is 8.91. The summed E-state index contributed by atoms with van der Waals surface area (Å²) in [5.74, 6) is 0.959. The highest BCUT2D eigenvalue weighted by Gasteiger charge is 2.31. The largest absolute Gasteiger partial charge is 0.496 e. The van der Waals surface area contributed by atoms with Crippen LogP contribution in [0.1, 0.15) is 24.4 Å². The average Bonchev–Trinajstić information content (AvgIpc) is 3.00. The van der Waals surface area contributed by atoms with Crippen molar-refractivity contribution in [3.8, 4) is 5.75 Å². The summed E-state index contributed by atoms with van der Waals surface area (Å²) in [4.78, 5) is 14.4. The van der Waals surface area contributed by atoms with Gasteiger partial charge in [-0.2, -0.15) is 0 Å². The first-order chi connectivity index (χ1) is 10.7. The van der Waals surface area contributed by atoms with E-state index in [0.717, 1.165) is 35.2 Å². The molecule has 1 fully saturated rings. The quantitative estimate of drug-likeness (QED) is 0.706. The molecule has 1 N–H and O–H groups in total. The Morgan fingerprint density at radius 3 is 2.91 bits per heavy atom. The Morgan fingerprint density at radius 2 is 2.22 bits per heavy atom. The molecule has 0 radical (unpaired) electrons. The minimum atomic E-state index is 0. The van der Waals surface area contributed by atoms with Gasteiger partial charge in [-0.05, 0) is 31.0 Å². The third kappa shape index (κ3) is 5.35. The molecular weight excluding hydrogens is 384 g/mol. The third-order valence-electron chi connectivity index (χ3n) is 3.88. The van der Waals surface area contributed by atoms with Crippen LogP contribution in [0, 0.1) is 0 Å². The van der Waals surface area contributed by atoms with Crippen molar-refractivity contribution < 1.29 is 14.3 Å². The average molecular weight is 408 g/mol. The standard InChI is InChI=1S/C16H23BrN2O3.ClH/c1-21-9-7-18-11-16(20)19-8-3-4-14(19)13-10-12(17)5-6-15(13)22-2;/h5-6,10,14,18H,3-4,7-9,11H2,1-2H3;1H. The lowest BCUT2D eigenvalue weighted by molar-refractivity contribution is -0.131. The Bertz CT molecular complexity index is 516. The zero-order valence-corrected chi connectivity index (χ0v) is 15.9. The molecule has 1 atom stereocenters. The monoisotopic (exact) mass is 406 g/mol. The molecule has 1 aliphatic rings. The molecular formula is C16H24BrClN2O3. The summed E-state index contributed by atoms with van der Waals surface area (Å²) in [5.41, 5.74) is 1.07. The molecule has 1 heterocycles. The van der Waals surface area contributed by atoms with Gasteiger partial charge in [0.05, 0.1) is 26.3 Å². The summed E-state index contributed by atoms with van der Waals surface area (Å²) in [5, 5.41) is 3.12. The first-order valence-electron chi connectivity index (χ1n) is 7.50. The van der Waals surface area contributed by atoms with E-state index >= 15 is 0 Å². The van der Waals surface area contributed by atoms with E-state index in [1.807, 2.05) is 23.1 Å². The molecule has 0 aliphatic carbocycles. The summed E-state index contributed by atoms with van der Waals surface area (Å²) in [6.07, 6.45) is 1.99. The molecule has 0 bridgehead atoms. The minimum Gasteiger partial charge on any atom is -0.496 e. The Balaban J connectivity index is 0.00000264. The fourth-order valence-corrected chi connectivity index (χ4v) is 3.20.